The molecule has 1 aromatic rings. The van der Waals surface area contributed by atoms with Gasteiger partial charge in [-0.3, -0.25) is 0 Å². The van der Waals surface area contributed by atoms with Crippen LogP contribution in [0.3, 0.4) is 0 Å². The second-order valence-corrected chi connectivity index (χ2v) is 2.05. The molecular weight excluding hydrogens is 126 g/mol. The van der Waals surface area contributed by atoms with Crippen molar-refractivity contribution >= 4 is 12.3 Å². The van der Waals surface area contributed by atoms with Crippen LogP contribution < -0.4 is 0 Å². The normalized spacial score (nSPS) is 9.30. The highest BCUT2D eigenvalue weighted by Crippen LogP contribution is 2.14. The first-order valence-electron chi connectivity index (χ1n) is 3.00. The molecule has 10 heavy (non-hydrogen) atoms. The summed E-state index contributed by atoms with van der Waals surface area (Å²) in [6, 6.07) is 0. The van der Waals surface area contributed by atoms with Crippen LogP contribution in [-0.2, 0) is 0 Å². The molecule has 0 aliphatic heterocycles. The lowest BCUT2D eigenvalue weighted by Crippen LogP contribution is -1.80. The van der Waals surface area contributed by atoms with Crippen molar-refractivity contribution < 1.29 is 4.42 Å². The largest absolute Gasteiger partial charge is 0.464 e. The summed E-state index contributed by atoms with van der Waals surface area (Å²) in [5.74, 6) is 0.674. The van der Waals surface area contributed by atoms with E-state index in [1.54, 1.807) is 12.3 Å². The average molecular weight is 135 g/mol. The van der Waals surface area contributed by atoms with Crippen molar-refractivity contribution in [2.45, 2.75) is 6.92 Å². The number of furan rings is 1. The Kier molecular flexibility index (Phi) is 1.71. The van der Waals surface area contributed by atoms with Gasteiger partial charge in [0.05, 0.1) is 6.26 Å². The summed E-state index contributed by atoms with van der Waals surface area (Å²) in [5.41, 5.74) is 1.79. The lowest BCUT2D eigenvalue weighted by atomic mass is 10.2. The highest BCUT2D eigenvalue weighted by molar-refractivity contribution is 5.83. The molecule has 52 valence electrons. The van der Waals surface area contributed by atoms with Crippen molar-refractivity contribution in [3.63, 3.8) is 0 Å². The van der Waals surface area contributed by atoms with E-state index in [4.69, 9.17) is 9.83 Å². The van der Waals surface area contributed by atoms with Gasteiger partial charge >= 0.3 is 0 Å². The summed E-state index contributed by atoms with van der Waals surface area (Å²) in [7, 11) is 0. The van der Waals surface area contributed by atoms with Gasteiger partial charge in [-0.25, -0.2) is 0 Å². The van der Waals surface area contributed by atoms with Gasteiger partial charge in [0.25, 0.3) is 0 Å². The van der Waals surface area contributed by atoms with Crippen LogP contribution in [0, 0.1) is 12.3 Å². The third kappa shape index (κ3) is 0.880. The second kappa shape index (κ2) is 2.52. The summed E-state index contributed by atoms with van der Waals surface area (Å²) in [4.78, 5) is 0. The van der Waals surface area contributed by atoms with Crippen molar-refractivity contribution in [1.29, 1.82) is 5.41 Å². The summed E-state index contributed by atoms with van der Waals surface area (Å²) in [5, 5.41) is 7.01. The SMILES string of the molecule is C=Cc1occ(C)c1C=N. The standard InChI is InChI=1S/C8H9NO/c1-3-8-7(4-9)6(2)5-10-8/h3-5,9H,1H2,2H3. The molecule has 0 atom stereocenters. The lowest BCUT2D eigenvalue weighted by molar-refractivity contribution is 0.555. The third-order valence-electron chi connectivity index (χ3n) is 1.38. The smallest absolute Gasteiger partial charge is 0.135 e. The van der Waals surface area contributed by atoms with Crippen LogP contribution in [-0.4, -0.2) is 6.21 Å². The van der Waals surface area contributed by atoms with Gasteiger partial charge in [-0.1, -0.05) is 6.58 Å². The maximum Gasteiger partial charge on any atom is 0.135 e. The monoisotopic (exact) mass is 135 g/mol. The maximum atomic E-state index is 7.01. The number of hydrogen-bond donors (Lipinski definition) is 1. The molecule has 0 saturated heterocycles. The van der Waals surface area contributed by atoms with Crippen molar-refractivity contribution in [3.8, 4) is 0 Å². The van der Waals surface area contributed by atoms with E-state index in [9.17, 15) is 0 Å². The van der Waals surface area contributed by atoms with Gasteiger partial charge in [-0.15, -0.1) is 0 Å². The van der Waals surface area contributed by atoms with E-state index in [-0.39, 0.29) is 0 Å². The number of nitrogens with one attached hydrogen (secondary N) is 1. The molecule has 0 bridgehead atoms. The Morgan fingerprint density at radius 2 is 2.40 bits per heavy atom. The van der Waals surface area contributed by atoms with Crippen molar-refractivity contribution in [2.75, 3.05) is 0 Å². The maximum absolute atomic E-state index is 7.01. The molecule has 0 aromatic carbocycles. The fourth-order valence-electron chi connectivity index (χ4n) is 0.816. The molecule has 0 saturated carbocycles. The van der Waals surface area contributed by atoms with Gasteiger partial charge in [-0.2, -0.15) is 0 Å². The molecule has 0 aliphatic rings. The molecule has 1 N–H and O–H groups in total. The van der Waals surface area contributed by atoms with Crippen LogP contribution in [0.15, 0.2) is 17.3 Å². The first-order valence-corrected chi connectivity index (χ1v) is 3.00. The fourth-order valence-corrected chi connectivity index (χ4v) is 0.816. The zero-order valence-corrected chi connectivity index (χ0v) is 5.85. The predicted octanol–water partition coefficient (Wildman–Crippen LogP) is 2.23. The molecule has 2 nitrogen and oxygen atoms in total. The van der Waals surface area contributed by atoms with Crippen LogP contribution in [0.5, 0.6) is 0 Å². The Balaban J connectivity index is 3.25. The highest BCUT2D eigenvalue weighted by atomic mass is 16.3. The third-order valence-corrected chi connectivity index (χ3v) is 1.38. The molecule has 2 heteroatoms. The molecule has 0 radical (unpaired) electrons. The second-order valence-electron chi connectivity index (χ2n) is 2.05. The van der Waals surface area contributed by atoms with Gasteiger partial charge in [0, 0.05) is 11.8 Å². The molecule has 0 fully saturated rings. The van der Waals surface area contributed by atoms with Crippen LogP contribution in [0.4, 0.5) is 0 Å². The van der Waals surface area contributed by atoms with Gasteiger partial charge < -0.3 is 9.83 Å². The van der Waals surface area contributed by atoms with E-state index in [1.807, 2.05) is 6.92 Å². The Hall–Kier alpha value is -1.31. The molecule has 0 spiro atoms. The van der Waals surface area contributed by atoms with Crippen LogP contribution >= 0.6 is 0 Å². The first kappa shape index (κ1) is 6.81. The first-order chi connectivity index (χ1) is 4.79. The summed E-state index contributed by atoms with van der Waals surface area (Å²) < 4.78 is 5.07. The zero-order chi connectivity index (χ0) is 7.56. The fraction of sp³-hybridized carbons (Fsp3) is 0.125. The number of hydrogen-bond acceptors (Lipinski definition) is 2. The molecule has 0 amide bonds. The van der Waals surface area contributed by atoms with Crippen LogP contribution in [0.2, 0.25) is 0 Å². The molecule has 1 aromatic heterocycles. The minimum Gasteiger partial charge on any atom is -0.464 e. The molecule has 1 heterocycles. The minimum absolute atomic E-state index is 0.674. The van der Waals surface area contributed by atoms with Gasteiger partial charge in [-0.05, 0) is 18.6 Å². The predicted molar refractivity (Wildman–Crippen MR) is 41.4 cm³/mol. The number of aryl methyl sites for hydroxylation is 1. The van der Waals surface area contributed by atoms with E-state index >= 15 is 0 Å². The quantitative estimate of drug-likeness (QED) is 0.620. The lowest BCUT2D eigenvalue weighted by Gasteiger charge is -1.86. The van der Waals surface area contributed by atoms with E-state index in [1.165, 1.54) is 6.21 Å². The van der Waals surface area contributed by atoms with Crippen LogP contribution in [0.25, 0.3) is 6.08 Å². The molecule has 1 rings (SSSR count). The van der Waals surface area contributed by atoms with Crippen molar-refractivity contribution in [3.05, 3.63) is 29.7 Å². The van der Waals surface area contributed by atoms with E-state index in [0.29, 0.717) is 5.76 Å². The van der Waals surface area contributed by atoms with Gasteiger partial charge in [0.2, 0.25) is 0 Å². The molecule has 0 aliphatic carbocycles. The molecular formula is C8H9NO. The van der Waals surface area contributed by atoms with Gasteiger partial charge in [0.1, 0.15) is 5.76 Å². The summed E-state index contributed by atoms with van der Waals surface area (Å²) >= 11 is 0. The summed E-state index contributed by atoms with van der Waals surface area (Å²) in [6.07, 6.45) is 4.50. The molecule has 0 unspecified atom stereocenters. The average Bonchev–Trinajstić information content (AvgIpc) is 2.30. The van der Waals surface area contributed by atoms with E-state index in [0.717, 1.165) is 11.1 Å². The summed E-state index contributed by atoms with van der Waals surface area (Å²) in [6.45, 7) is 5.46. The Morgan fingerprint density at radius 3 is 2.80 bits per heavy atom. The number of rotatable bonds is 2. The highest BCUT2D eigenvalue weighted by Gasteiger charge is 2.02. The topological polar surface area (TPSA) is 37.0 Å². The Bertz CT molecular complexity index is 260. The van der Waals surface area contributed by atoms with Crippen LogP contribution in [0.1, 0.15) is 16.9 Å². The Labute approximate surface area is 59.7 Å². The Morgan fingerprint density at radius 1 is 1.70 bits per heavy atom. The van der Waals surface area contributed by atoms with Crippen molar-refractivity contribution in [1.82, 2.24) is 0 Å². The van der Waals surface area contributed by atoms with E-state index < -0.39 is 0 Å². The van der Waals surface area contributed by atoms with E-state index in [2.05, 4.69) is 6.58 Å². The minimum atomic E-state index is 0.674. The van der Waals surface area contributed by atoms with Gasteiger partial charge in [0.15, 0.2) is 0 Å². The van der Waals surface area contributed by atoms with Crippen molar-refractivity contribution in [2.24, 2.45) is 0 Å². The zero-order valence-electron chi connectivity index (χ0n) is 5.85.